The molecule has 0 amide bonds. The van der Waals surface area contributed by atoms with Gasteiger partial charge in [-0.15, -0.1) is 0 Å². The zero-order chi connectivity index (χ0) is 15.4. The molecule has 1 saturated heterocycles. The van der Waals surface area contributed by atoms with Crippen LogP contribution in [0.3, 0.4) is 0 Å². The predicted octanol–water partition coefficient (Wildman–Crippen LogP) is 3.44. The number of rotatable bonds is 5. The maximum absolute atomic E-state index is 5.73. The normalized spacial score (nSPS) is 13.9. The van der Waals surface area contributed by atoms with Crippen molar-refractivity contribution in [2.75, 3.05) is 24.1 Å². The number of aromatic nitrogens is 1. The van der Waals surface area contributed by atoms with E-state index in [1.54, 1.807) is 12.3 Å². The Balaban J connectivity index is 1.61. The second kappa shape index (κ2) is 6.39. The van der Waals surface area contributed by atoms with Gasteiger partial charge in [-0.2, -0.15) is 0 Å². The van der Waals surface area contributed by atoms with Gasteiger partial charge in [-0.3, -0.25) is 0 Å². The largest absolute Gasteiger partial charge is 0.456 e. The van der Waals surface area contributed by atoms with Crippen molar-refractivity contribution in [1.82, 2.24) is 9.88 Å². The molecule has 0 saturated carbocycles. The van der Waals surface area contributed by atoms with Gasteiger partial charge in [0.25, 0.3) is 0 Å². The number of ether oxygens (including phenoxy) is 1. The number of nitrogen functional groups attached to an aromatic ring is 1. The van der Waals surface area contributed by atoms with E-state index in [0.29, 0.717) is 17.2 Å². The van der Waals surface area contributed by atoms with Crippen LogP contribution >= 0.6 is 0 Å². The zero-order valence-corrected chi connectivity index (χ0v) is 12.5. The third-order valence-corrected chi connectivity index (χ3v) is 3.59. The number of nitrogens with zero attached hydrogens (tertiary/aromatic N) is 2. The molecule has 1 aromatic carbocycles. The highest BCUT2D eigenvalue weighted by Gasteiger charge is 2.13. The molecule has 5 heteroatoms. The first kappa shape index (κ1) is 14.3. The molecule has 0 spiro atoms. The lowest BCUT2D eigenvalue weighted by atomic mass is 10.3. The van der Waals surface area contributed by atoms with Crippen molar-refractivity contribution < 1.29 is 4.74 Å². The van der Waals surface area contributed by atoms with Crippen LogP contribution in [0.1, 0.15) is 12.8 Å². The van der Waals surface area contributed by atoms with Crippen LogP contribution in [-0.4, -0.2) is 23.0 Å². The summed E-state index contributed by atoms with van der Waals surface area (Å²) in [6.45, 7) is 6.18. The quantitative estimate of drug-likeness (QED) is 0.828. The van der Waals surface area contributed by atoms with Crippen LogP contribution in [0.15, 0.2) is 55.0 Å². The Bertz CT molecular complexity index is 648. The summed E-state index contributed by atoms with van der Waals surface area (Å²) < 4.78 is 5.72. The molecular weight excluding hydrogens is 276 g/mol. The van der Waals surface area contributed by atoms with E-state index >= 15 is 0 Å². The number of likely N-dealkylation sites (tertiary alicyclic amines) is 1. The molecule has 2 heterocycles. The highest BCUT2D eigenvalue weighted by atomic mass is 16.5. The number of benzene rings is 1. The molecule has 3 N–H and O–H groups in total. The molecule has 114 valence electrons. The van der Waals surface area contributed by atoms with Crippen molar-refractivity contribution in [3.8, 4) is 11.5 Å². The number of hydrogen-bond donors (Lipinski definition) is 2. The summed E-state index contributed by atoms with van der Waals surface area (Å²) in [7, 11) is 0. The van der Waals surface area contributed by atoms with Gasteiger partial charge in [0.1, 0.15) is 17.3 Å². The Hall–Kier alpha value is -2.69. The zero-order valence-electron chi connectivity index (χ0n) is 12.5. The number of nitrogens with two attached hydrogens (primary N) is 1. The van der Waals surface area contributed by atoms with Gasteiger partial charge in [-0.1, -0.05) is 12.6 Å². The average Bonchev–Trinajstić information content (AvgIpc) is 3.04. The maximum atomic E-state index is 5.73. The number of hydrogen-bond acceptors (Lipinski definition) is 5. The smallest absolute Gasteiger partial charge is 0.145 e. The molecule has 3 rings (SSSR count). The first-order chi connectivity index (χ1) is 10.7. The van der Waals surface area contributed by atoms with E-state index in [2.05, 4.69) is 21.8 Å². The third-order valence-electron chi connectivity index (χ3n) is 3.59. The molecule has 0 atom stereocenters. The highest BCUT2D eigenvalue weighted by Crippen LogP contribution is 2.23. The molecule has 1 aliphatic heterocycles. The van der Waals surface area contributed by atoms with E-state index in [4.69, 9.17) is 10.5 Å². The van der Waals surface area contributed by atoms with E-state index in [1.165, 1.54) is 12.8 Å². The van der Waals surface area contributed by atoms with Gasteiger partial charge in [-0.25, -0.2) is 4.98 Å². The standard InChI is InChI=1S/C17H20N4O/c1-13(21-9-2-3-10-21)20-17-8-7-16(12-19-17)22-15-6-4-5-14(18)11-15/h4-8,11-12H,1-3,9-10,18H2,(H,19,20). The van der Waals surface area contributed by atoms with Crippen LogP contribution in [0.4, 0.5) is 11.5 Å². The lowest BCUT2D eigenvalue weighted by Gasteiger charge is -2.21. The van der Waals surface area contributed by atoms with Crippen molar-refractivity contribution in [3.63, 3.8) is 0 Å². The third kappa shape index (κ3) is 3.49. The summed E-state index contributed by atoms with van der Waals surface area (Å²) in [5.74, 6) is 3.03. The highest BCUT2D eigenvalue weighted by molar-refractivity contribution is 5.46. The average molecular weight is 296 g/mol. The summed E-state index contributed by atoms with van der Waals surface area (Å²) in [5.41, 5.74) is 6.40. The molecule has 2 aromatic rings. The summed E-state index contributed by atoms with van der Waals surface area (Å²) in [6, 6.07) is 11.1. The molecule has 0 bridgehead atoms. The van der Waals surface area contributed by atoms with Crippen molar-refractivity contribution in [1.29, 1.82) is 0 Å². The maximum Gasteiger partial charge on any atom is 0.145 e. The van der Waals surface area contributed by atoms with E-state index in [9.17, 15) is 0 Å². The summed E-state index contributed by atoms with van der Waals surface area (Å²) in [5, 5.41) is 3.23. The molecule has 0 aliphatic carbocycles. The van der Waals surface area contributed by atoms with Gasteiger partial charge in [0.05, 0.1) is 12.0 Å². The number of anilines is 2. The molecular formula is C17H20N4O. The molecule has 1 aromatic heterocycles. The van der Waals surface area contributed by atoms with Gasteiger partial charge in [-0.05, 0) is 37.1 Å². The Morgan fingerprint density at radius 3 is 2.68 bits per heavy atom. The van der Waals surface area contributed by atoms with Gasteiger partial charge < -0.3 is 20.7 Å². The molecule has 1 fully saturated rings. The minimum absolute atomic E-state index is 0.669. The van der Waals surface area contributed by atoms with Crippen LogP contribution in [-0.2, 0) is 0 Å². The topological polar surface area (TPSA) is 63.4 Å². The van der Waals surface area contributed by atoms with E-state index in [0.717, 1.165) is 24.7 Å². The lowest BCUT2D eigenvalue weighted by molar-refractivity contribution is 0.433. The van der Waals surface area contributed by atoms with Gasteiger partial charge in [0, 0.05) is 24.8 Å². The molecule has 0 radical (unpaired) electrons. The SMILES string of the molecule is C=C(Nc1ccc(Oc2cccc(N)c2)cn1)N1CCCC1. The molecule has 1 aliphatic rings. The van der Waals surface area contributed by atoms with Gasteiger partial charge >= 0.3 is 0 Å². The van der Waals surface area contributed by atoms with Crippen LogP contribution < -0.4 is 15.8 Å². The minimum Gasteiger partial charge on any atom is -0.456 e. The van der Waals surface area contributed by atoms with Crippen LogP contribution in [0.5, 0.6) is 11.5 Å². The monoisotopic (exact) mass is 296 g/mol. The second-order valence-electron chi connectivity index (χ2n) is 5.32. The molecule has 0 unspecified atom stereocenters. The predicted molar refractivity (Wildman–Crippen MR) is 88.7 cm³/mol. The van der Waals surface area contributed by atoms with Gasteiger partial charge in [0.2, 0.25) is 0 Å². The summed E-state index contributed by atoms with van der Waals surface area (Å²) in [4.78, 5) is 6.59. The first-order valence-corrected chi connectivity index (χ1v) is 7.41. The summed E-state index contributed by atoms with van der Waals surface area (Å²) in [6.07, 6.45) is 4.13. The Morgan fingerprint density at radius 1 is 1.18 bits per heavy atom. The minimum atomic E-state index is 0.669. The fraction of sp³-hybridized carbons (Fsp3) is 0.235. The second-order valence-corrected chi connectivity index (χ2v) is 5.32. The fourth-order valence-electron chi connectivity index (χ4n) is 2.44. The van der Waals surface area contributed by atoms with Crippen molar-refractivity contribution in [3.05, 3.63) is 55.0 Å². The lowest BCUT2D eigenvalue weighted by Crippen LogP contribution is -2.23. The van der Waals surface area contributed by atoms with Crippen LogP contribution in [0.25, 0.3) is 0 Å². The van der Waals surface area contributed by atoms with Crippen LogP contribution in [0.2, 0.25) is 0 Å². The van der Waals surface area contributed by atoms with E-state index < -0.39 is 0 Å². The van der Waals surface area contributed by atoms with Crippen molar-refractivity contribution >= 4 is 11.5 Å². The van der Waals surface area contributed by atoms with E-state index in [1.807, 2.05) is 30.3 Å². The molecule has 5 nitrogen and oxygen atoms in total. The van der Waals surface area contributed by atoms with Crippen LogP contribution in [0, 0.1) is 0 Å². The Kier molecular flexibility index (Phi) is 4.14. The fourth-order valence-corrected chi connectivity index (χ4v) is 2.44. The Morgan fingerprint density at radius 2 is 2.00 bits per heavy atom. The Labute approximate surface area is 130 Å². The number of nitrogens with one attached hydrogen (secondary N) is 1. The first-order valence-electron chi connectivity index (χ1n) is 7.41. The molecule has 22 heavy (non-hydrogen) atoms. The van der Waals surface area contributed by atoms with Crippen molar-refractivity contribution in [2.24, 2.45) is 0 Å². The van der Waals surface area contributed by atoms with E-state index in [-0.39, 0.29) is 0 Å². The summed E-state index contributed by atoms with van der Waals surface area (Å²) >= 11 is 0. The van der Waals surface area contributed by atoms with Gasteiger partial charge in [0.15, 0.2) is 0 Å². The van der Waals surface area contributed by atoms with Crippen molar-refractivity contribution in [2.45, 2.75) is 12.8 Å². The number of pyridine rings is 1.